The Hall–Kier alpha value is -3.13. The number of nitrogens with zero attached hydrogens (tertiary/aromatic N) is 4. The number of alkyl halides is 3. The van der Waals surface area contributed by atoms with Crippen molar-refractivity contribution in [3.05, 3.63) is 52.4 Å². The van der Waals surface area contributed by atoms with E-state index in [4.69, 9.17) is 9.47 Å². The van der Waals surface area contributed by atoms with Gasteiger partial charge in [0.2, 0.25) is 11.7 Å². The number of carbonyl (C=O) groups excluding carboxylic acids is 2. The van der Waals surface area contributed by atoms with Gasteiger partial charge in [0.15, 0.2) is 17.3 Å². The van der Waals surface area contributed by atoms with E-state index in [-0.39, 0.29) is 56.8 Å². The van der Waals surface area contributed by atoms with Gasteiger partial charge in [-0.05, 0) is 50.3 Å². The fourth-order valence-corrected chi connectivity index (χ4v) is 4.98. The van der Waals surface area contributed by atoms with Gasteiger partial charge < -0.3 is 18.9 Å². The van der Waals surface area contributed by atoms with Crippen LogP contribution in [0.1, 0.15) is 59.7 Å². The van der Waals surface area contributed by atoms with Crippen LogP contribution in [0.3, 0.4) is 0 Å². The molecule has 2 aliphatic rings. The van der Waals surface area contributed by atoms with Crippen LogP contribution in [0.5, 0.6) is 0 Å². The minimum Gasteiger partial charge on any atom is -0.461 e. The molecule has 1 aromatic carbocycles. The smallest absolute Gasteiger partial charge is 0.449 e. The molecule has 8 nitrogen and oxygen atoms in total. The third-order valence-electron chi connectivity index (χ3n) is 7.19. The highest BCUT2D eigenvalue weighted by atomic mass is 19.4. The van der Waals surface area contributed by atoms with Crippen LogP contribution >= 0.6 is 0 Å². The van der Waals surface area contributed by atoms with Crippen molar-refractivity contribution in [1.82, 2.24) is 19.4 Å². The molecule has 1 amide bonds. The molecule has 0 unspecified atom stereocenters. The number of hydrogen-bond donors (Lipinski definition) is 0. The third kappa shape index (κ3) is 8.00. The van der Waals surface area contributed by atoms with E-state index in [0.29, 0.717) is 25.7 Å². The number of amides is 1. The number of benzene rings is 1. The number of unbranched alkanes of at least 4 members (excludes halogenated alkanes) is 2. The summed E-state index contributed by atoms with van der Waals surface area (Å²) >= 11 is 0. The highest BCUT2D eigenvalue weighted by Crippen LogP contribution is 2.33. The minimum atomic E-state index is -4.81. The molecule has 41 heavy (non-hydrogen) atoms. The number of fused-ring (bicyclic) bond motifs is 1. The summed E-state index contributed by atoms with van der Waals surface area (Å²) in [7, 11) is 0. The molecule has 0 bridgehead atoms. The van der Waals surface area contributed by atoms with Crippen LogP contribution in [0.25, 0.3) is 0 Å². The molecule has 0 saturated carbocycles. The molecule has 0 atom stereocenters. The van der Waals surface area contributed by atoms with Crippen molar-refractivity contribution in [3.63, 3.8) is 0 Å². The van der Waals surface area contributed by atoms with Gasteiger partial charge in [-0.2, -0.15) is 13.2 Å². The van der Waals surface area contributed by atoms with Gasteiger partial charge >= 0.3 is 12.1 Å². The molecule has 0 aliphatic carbocycles. The summed E-state index contributed by atoms with van der Waals surface area (Å²) in [5, 5.41) is 0. The number of hydrogen-bond acceptors (Lipinski definition) is 6. The number of ether oxygens (including phenoxy) is 2. The Morgan fingerprint density at radius 2 is 1.66 bits per heavy atom. The van der Waals surface area contributed by atoms with Gasteiger partial charge in [-0.25, -0.2) is 22.9 Å². The van der Waals surface area contributed by atoms with Crippen molar-refractivity contribution < 1.29 is 45.4 Å². The third-order valence-corrected chi connectivity index (χ3v) is 7.19. The summed E-state index contributed by atoms with van der Waals surface area (Å²) in [6.07, 6.45) is -2.66. The number of rotatable bonds is 11. The Morgan fingerprint density at radius 1 is 0.927 bits per heavy atom. The van der Waals surface area contributed by atoms with Crippen molar-refractivity contribution in [3.8, 4) is 0 Å². The van der Waals surface area contributed by atoms with Crippen LogP contribution in [0.2, 0.25) is 0 Å². The lowest BCUT2D eigenvalue weighted by Gasteiger charge is -2.29. The number of morpholine rings is 1. The SMILES string of the molecule is O=C(OCCCCCN1CCOCC1)c1nc(C(F)(F)F)n2c1CN(C(=O)CCCc1cc(F)c(F)cc1F)CC2. The largest absolute Gasteiger partial charge is 0.461 e. The maximum atomic E-state index is 13.9. The van der Waals surface area contributed by atoms with E-state index in [9.17, 15) is 35.9 Å². The van der Waals surface area contributed by atoms with Crippen molar-refractivity contribution in [1.29, 1.82) is 0 Å². The second-order valence-corrected chi connectivity index (χ2v) is 10.1. The van der Waals surface area contributed by atoms with Crippen LogP contribution in [0.4, 0.5) is 26.3 Å². The standard InChI is InChI=1S/C27H32F6N4O4/c28-19-16-21(30)20(29)15-18(19)5-4-6-23(38)36-8-9-37-22(17-36)24(34-26(37)27(31,32)33)25(39)41-12-3-1-2-7-35-10-13-40-14-11-35/h15-16H,1-14,17H2. The minimum absolute atomic E-state index is 0.0266. The fourth-order valence-electron chi connectivity index (χ4n) is 4.98. The van der Waals surface area contributed by atoms with Crippen molar-refractivity contribution >= 4 is 11.9 Å². The summed E-state index contributed by atoms with van der Waals surface area (Å²) in [5.41, 5.74) is -0.637. The first-order valence-electron chi connectivity index (χ1n) is 13.6. The summed E-state index contributed by atoms with van der Waals surface area (Å²) in [5.74, 6) is -6.10. The van der Waals surface area contributed by atoms with E-state index in [1.54, 1.807) is 0 Å². The van der Waals surface area contributed by atoms with E-state index in [1.807, 2.05) is 0 Å². The van der Waals surface area contributed by atoms with Crippen molar-refractivity contribution in [2.24, 2.45) is 0 Å². The van der Waals surface area contributed by atoms with Gasteiger partial charge in [0.25, 0.3) is 0 Å². The maximum Gasteiger partial charge on any atom is 0.449 e. The Bertz CT molecular complexity index is 1230. The highest BCUT2D eigenvalue weighted by molar-refractivity contribution is 5.89. The monoisotopic (exact) mass is 590 g/mol. The summed E-state index contributed by atoms with van der Waals surface area (Å²) in [6.45, 7) is 3.49. The lowest BCUT2D eigenvalue weighted by molar-refractivity contribution is -0.148. The quantitative estimate of drug-likeness (QED) is 0.168. The van der Waals surface area contributed by atoms with Gasteiger partial charge in [-0.1, -0.05) is 0 Å². The van der Waals surface area contributed by atoms with E-state index >= 15 is 0 Å². The highest BCUT2D eigenvalue weighted by Gasteiger charge is 2.42. The number of aryl methyl sites for hydroxylation is 1. The first-order valence-corrected chi connectivity index (χ1v) is 13.6. The van der Waals surface area contributed by atoms with E-state index in [0.717, 1.165) is 43.1 Å². The number of carbonyl (C=O) groups is 2. The molecule has 1 fully saturated rings. The molecule has 4 rings (SSSR count). The molecule has 0 N–H and O–H groups in total. The normalized spacial score (nSPS) is 16.1. The maximum absolute atomic E-state index is 13.9. The lowest BCUT2D eigenvalue weighted by atomic mass is 10.1. The predicted octanol–water partition coefficient (Wildman–Crippen LogP) is 4.34. The van der Waals surface area contributed by atoms with Crippen LogP contribution < -0.4 is 0 Å². The zero-order valence-electron chi connectivity index (χ0n) is 22.5. The van der Waals surface area contributed by atoms with Crippen LogP contribution in [-0.2, 0) is 40.0 Å². The lowest BCUT2D eigenvalue weighted by Crippen LogP contribution is -2.39. The number of imidazole rings is 1. The van der Waals surface area contributed by atoms with Crippen LogP contribution in [0, 0.1) is 17.5 Å². The molecule has 2 aromatic rings. The first kappa shape index (κ1) is 30.8. The van der Waals surface area contributed by atoms with Gasteiger partial charge in [-0.3, -0.25) is 9.69 Å². The second-order valence-electron chi connectivity index (χ2n) is 10.1. The molecule has 3 heterocycles. The Morgan fingerprint density at radius 3 is 2.39 bits per heavy atom. The van der Waals surface area contributed by atoms with Crippen molar-refractivity contribution in [2.75, 3.05) is 46.0 Å². The van der Waals surface area contributed by atoms with E-state index in [1.165, 1.54) is 4.90 Å². The molecular formula is C27H32F6N4O4. The van der Waals surface area contributed by atoms with Gasteiger partial charge in [-0.15, -0.1) is 0 Å². The second kappa shape index (κ2) is 13.7. The fraction of sp³-hybridized carbons (Fsp3) is 0.593. The van der Waals surface area contributed by atoms with Gasteiger partial charge in [0.1, 0.15) is 5.82 Å². The predicted molar refractivity (Wildman–Crippen MR) is 133 cm³/mol. The van der Waals surface area contributed by atoms with E-state index < -0.39 is 47.0 Å². The summed E-state index contributed by atoms with van der Waals surface area (Å²) in [6, 6.07) is 1.16. The van der Waals surface area contributed by atoms with Gasteiger partial charge in [0, 0.05) is 38.7 Å². The number of halogens is 6. The molecule has 0 radical (unpaired) electrons. The molecule has 226 valence electrons. The molecular weight excluding hydrogens is 558 g/mol. The molecule has 0 spiro atoms. The van der Waals surface area contributed by atoms with Crippen LogP contribution in [-0.4, -0.2) is 77.2 Å². The molecule has 1 saturated heterocycles. The summed E-state index contributed by atoms with van der Waals surface area (Å²) < 4.78 is 92.8. The molecule has 14 heteroatoms. The average molecular weight is 591 g/mol. The topological polar surface area (TPSA) is 76.9 Å². The molecule has 1 aromatic heterocycles. The zero-order valence-corrected chi connectivity index (χ0v) is 22.5. The molecule has 2 aliphatic heterocycles. The summed E-state index contributed by atoms with van der Waals surface area (Å²) in [4.78, 5) is 32.7. The average Bonchev–Trinajstić information content (AvgIpc) is 3.33. The number of esters is 1. The van der Waals surface area contributed by atoms with E-state index in [2.05, 4.69) is 9.88 Å². The van der Waals surface area contributed by atoms with Crippen LogP contribution in [0.15, 0.2) is 12.1 Å². The Labute approximate surface area is 233 Å². The zero-order chi connectivity index (χ0) is 29.6. The van der Waals surface area contributed by atoms with Crippen molar-refractivity contribution in [2.45, 2.75) is 57.8 Å². The Kier molecular flexibility index (Phi) is 10.3. The number of aromatic nitrogens is 2. The Balaban J connectivity index is 1.32. The van der Waals surface area contributed by atoms with Gasteiger partial charge in [0.05, 0.1) is 32.1 Å². The first-order chi connectivity index (χ1) is 19.5.